The van der Waals surface area contributed by atoms with Crippen molar-refractivity contribution in [2.75, 3.05) is 6.54 Å². The van der Waals surface area contributed by atoms with Crippen LogP contribution in [0.3, 0.4) is 0 Å². The number of amides is 1. The predicted molar refractivity (Wildman–Crippen MR) is 136 cm³/mol. The third-order valence-electron chi connectivity index (χ3n) is 7.08. The van der Waals surface area contributed by atoms with Crippen LogP contribution in [0.4, 0.5) is 4.39 Å². The Balaban J connectivity index is 1.35. The van der Waals surface area contributed by atoms with Crippen LogP contribution in [0.25, 0.3) is 11.1 Å². The summed E-state index contributed by atoms with van der Waals surface area (Å²) in [6.45, 7) is 7.76. The zero-order valence-corrected chi connectivity index (χ0v) is 21.3. The Hall–Kier alpha value is -3.72. The number of carbonyl (C=O) groups is 1. The molecule has 4 atom stereocenters. The van der Waals surface area contributed by atoms with Crippen LogP contribution in [0.1, 0.15) is 50.1 Å². The van der Waals surface area contributed by atoms with Crippen LogP contribution in [-0.4, -0.2) is 45.6 Å². The average Bonchev–Trinajstić information content (AvgIpc) is 3.58. The Morgan fingerprint density at radius 2 is 1.95 bits per heavy atom. The highest BCUT2D eigenvalue weighted by Gasteiger charge is 2.46. The van der Waals surface area contributed by atoms with Gasteiger partial charge in [0.25, 0.3) is 0 Å². The number of halogens is 1. The van der Waals surface area contributed by atoms with Crippen LogP contribution in [0.2, 0.25) is 0 Å². The van der Waals surface area contributed by atoms with E-state index in [0.717, 1.165) is 11.1 Å². The highest BCUT2D eigenvalue weighted by Crippen LogP contribution is 2.34. The van der Waals surface area contributed by atoms with Crippen molar-refractivity contribution in [1.82, 2.24) is 15.4 Å². The Labute approximate surface area is 215 Å². The van der Waals surface area contributed by atoms with Gasteiger partial charge in [-0.05, 0) is 24.5 Å². The number of amidine groups is 1. The number of carbonyl (C=O) groups excluding carboxylic acids is 1. The van der Waals surface area contributed by atoms with Gasteiger partial charge in [0.2, 0.25) is 11.6 Å². The van der Waals surface area contributed by atoms with E-state index in [1.807, 2.05) is 52.0 Å². The van der Waals surface area contributed by atoms with Crippen molar-refractivity contribution in [2.45, 2.75) is 57.9 Å². The maximum Gasteiger partial charge on any atom is 0.234 e. The van der Waals surface area contributed by atoms with Gasteiger partial charge in [-0.3, -0.25) is 4.79 Å². The molecule has 1 saturated heterocycles. The summed E-state index contributed by atoms with van der Waals surface area (Å²) in [6, 6.07) is 15.3. The molecule has 2 aliphatic rings. The van der Waals surface area contributed by atoms with E-state index < -0.39 is 23.8 Å². The first-order chi connectivity index (χ1) is 17.7. The lowest BCUT2D eigenvalue weighted by atomic mass is 9.91. The first kappa shape index (κ1) is 25.0. The molecular formula is C28H31FN4O4. The summed E-state index contributed by atoms with van der Waals surface area (Å²) in [5.74, 6) is -0.0237. The number of aryl methyl sites for hydroxylation is 1. The SMILES string of the molecule is Cc1cc(C(C(=O)N2CC(O)CC2C2=NOC(C)(c3ccc(-c4ccccc4F)cc3)N2)C(C)C)on1. The molecule has 0 bridgehead atoms. The minimum absolute atomic E-state index is 0.0359. The number of rotatable bonds is 6. The van der Waals surface area contributed by atoms with Crippen molar-refractivity contribution in [1.29, 1.82) is 0 Å². The van der Waals surface area contributed by atoms with Crippen molar-refractivity contribution in [2.24, 2.45) is 11.1 Å². The summed E-state index contributed by atoms with van der Waals surface area (Å²) in [4.78, 5) is 21.2. The molecule has 194 valence electrons. The molecule has 3 heterocycles. The molecule has 2 N–H and O–H groups in total. The third-order valence-corrected chi connectivity index (χ3v) is 7.08. The number of nitrogens with one attached hydrogen (secondary N) is 1. The van der Waals surface area contributed by atoms with E-state index in [2.05, 4.69) is 15.6 Å². The van der Waals surface area contributed by atoms with E-state index in [0.29, 0.717) is 29.3 Å². The number of hydrogen-bond acceptors (Lipinski definition) is 7. The molecule has 1 amide bonds. The third kappa shape index (κ3) is 4.71. The monoisotopic (exact) mass is 506 g/mol. The summed E-state index contributed by atoms with van der Waals surface area (Å²) in [5.41, 5.74) is 1.79. The fourth-order valence-corrected chi connectivity index (χ4v) is 5.12. The Morgan fingerprint density at radius 1 is 1.22 bits per heavy atom. The second-order valence-electron chi connectivity index (χ2n) is 10.3. The lowest BCUT2D eigenvalue weighted by molar-refractivity contribution is -0.134. The lowest BCUT2D eigenvalue weighted by Gasteiger charge is -2.30. The zero-order chi connectivity index (χ0) is 26.3. The van der Waals surface area contributed by atoms with Crippen molar-refractivity contribution < 1.29 is 23.7 Å². The number of aliphatic hydroxyl groups is 1. The van der Waals surface area contributed by atoms with Crippen molar-refractivity contribution in [3.8, 4) is 11.1 Å². The first-order valence-electron chi connectivity index (χ1n) is 12.5. The predicted octanol–water partition coefficient (Wildman–Crippen LogP) is 4.30. The van der Waals surface area contributed by atoms with Crippen molar-refractivity contribution >= 4 is 11.7 Å². The molecule has 9 heteroatoms. The molecule has 2 aromatic carbocycles. The van der Waals surface area contributed by atoms with Gasteiger partial charge in [0.15, 0.2) is 5.84 Å². The van der Waals surface area contributed by atoms with Gasteiger partial charge in [-0.15, -0.1) is 0 Å². The minimum atomic E-state index is -0.981. The zero-order valence-electron chi connectivity index (χ0n) is 21.3. The molecule has 0 saturated carbocycles. The number of oxime groups is 1. The van der Waals surface area contributed by atoms with Gasteiger partial charge in [0.05, 0.1) is 17.8 Å². The van der Waals surface area contributed by atoms with Crippen molar-refractivity contribution in [3.63, 3.8) is 0 Å². The van der Waals surface area contributed by atoms with Crippen molar-refractivity contribution in [3.05, 3.63) is 77.4 Å². The van der Waals surface area contributed by atoms with Crippen LogP contribution in [0.15, 0.2) is 64.3 Å². The highest BCUT2D eigenvalue weighted by molar-refractivity contribution is 5.94. The number of hydrogen-bond donors (Lipinski definition) is 2. The molecular weight excluding hydrogens is 475 g/mol. The van der Waals surface area contributed by atoms with Gasteiger partial charge in [0, 0.05) is 37.1 Å². The van der Waals surface area contributed by atoms with E-state index in [-0.39, 0.29) is 24.2 Å². The quantitative estimate of drug-likeness (QED) is 0.517. The molecule has 0 aliphatic carbocycles. The Morgan fingerprint density at radius 3 is 2.59 bits per heavy atom. The van der Waals surface area contributed by atoms with E-state index in [4.69, 9.17) is 9.36 Å². The molecule has 8 nitrogen and oxygen atoms in total. The van der Waals surface area contributed by atoms with Gasteiger partial charge < -0.3 is 24.7 Å². The maximum absolute atomic E-state index is 14.2. The topological polar surface area (TPSA) is 100 Å². The summed E-state index contributed by atoms with van der Waals surface area (Å²) >= 11 is 0. The average molecular weight is 507 g/mol. The summed E-state index contributed by atoms with van der Waals surface area (Å²) in [7, 11) is 0. The maximum atomic E-state index is 14.2. The lowest BCUT2D eigenvalue weighted by Crippen LogP contribution is -2.50. The molecule has 1 aromatic heterocycles. The Kier molecular flexibility index (Phi) is 6.49. The van der Waals surface area contributed by atoms with Crippen LogP contribution in [-0.2, 0) is 15.4 Å². The fourth-order valence-electron chi connectivity index (χ4n) is 5.12. The minimum Gasteiger partial charge on any atom is -0.391 e. The molecule has 1 fully saturated rings. The normalized spacial score (nSPS) is 24.1. The second kappa shape index (κ2) is 9.63. The second-order valence-corrected chi connectivity index (χ2v) is 10.3. The molecule has 0 spiro atoms. The number of β-amino-alcohol motifs (C(OH)–C–C–N with tert-alkyl or cyclic N) is 1. The standard InChI is InChI=1S/C28H31FN4O4/c1-16(2)25(24-13-17(3)31-36-24)27(35)33-15-20(34)14-23(33)26-30-28(4,37-32-26)19-11-9-18(10-12-19)21-7-5-6-8-22(21)29/h5-13,16,20,23,25,34H,14-15H2,1-4H3,(H,30,32). The molecule has 4 unspecified atom stereocenters. The smallest absolute Gasteiger partial charge is 0.234 e. The summed E-state index contributed by atoms with van der Waals surface area (Å²) in [5, 5.41) is 22.1. The van der Waals surface area contributed by atoms with E-state index in [1.54, 1.807) is 29.2 Å². The number of likely N-dealkylation sites (tertiary alicyclic amines) is 1. The fraction of sp³-hybridized carbons (Fsp3) is 0.393. The highest BCUT2D eigenvalue weighted by atomic mass is 19.1. The summed E-state index contributed by atoms with van der Waals surface area (Å²) < 4.78 is 19.7. The van der Waals surface area contributed by atoms with Gasteiger partial charge in [-0.2, -0.15) is 0 Å². The number of benzene rings is 2. The number of aliphatic hydroxyl groups excluding tert-OH is 1. The van der Waals surface area contributed by atoms with Crippen LogP contribution in [0, 0.1) is 18.7 Å². The molecule has 37 heavy (non-hydrogen) atoms. The van der Waals surface area contributed by atoms with Crippen LogP contribution < -0.4 is 5.32 Å². The Bertz CT molecular complexity index is 1320. The van der Waals surface area contributed by atoms with Gasteiger partial charge in [0.1, 0.15) is 17.5 Å². The van der Waals surface area contributed by atoms with E-state index in [9.17, 15) is 14.3 Å². The number of nitrogens with zero attached hydrogens (tertiary/aromatic N) is 3. The number of aromatic nitrogens is 1. The summed E-state index contributed by atoms with van der Waals surface area (Å²) in [6.07, 6.45) is -0.349. The van der Waals surface area contributed by atoms with Gasteiger partial charge in [-0.1, -0.05) is 66.6 Å². The first-order valence-corrected chi connectivity index (χ1v) is 12.5. The molecule has 3 aromatic rings. The molecule has 5 rings (SSSR count). The van der Waals surface area contributed by atoms with E-state index in [1.165, 1.54) is 6.07 Å². The largest absolute Gasteiger partial charge is 0.391 e. The molecule has 2 aliphatic heterocycles. The molecule has 0 radical (unpaired) electrons. The van der Waals surface area contributed by atoms with Crippen LogP contribution >= 0.6 is 0 Å². The van der Waals surface area contributed by atoms with Gasteiger partial charge in [-0.25, -0.2) is 4.39 Å². The van der Waals surface area contributed by atoms with E-state index >= 15 is 0 Å². The van der Waals surface area contributed by atoms with Crippen LogP contribution in [0.5, 0.6) is 0 Å². The van der Waals surface area contributed by atoms with Gasteiger partial charge >= 0.3 is 0 Å².